The third-order valence-corrected chi connectivity index (χ3v) is 4.43. The molecule has 0 saturated heterocycles. The van der Waals surface area contributed by atoms with Gasteiger partial charge in [-0.15, -0.1) is 0 Å². The molecule has 1 atom stereocenters. The van der Waals surface area contributed by atoms with Crippen molar-refractivity contribution in [1.29, 1.82) is 0 Å². The van der Waals surface area contributed by atoms with Crippen molar-refractivity contribution in [1.82, 2.24) is 4.90 Å². The Morgan fingerprint density at radius 2 is 1.81 bits per heavy atom. The smallest absolute Gasteiger partial charge is 0.241 e. The molecule has 146 valence electrons. The number of carbonyl (C=O) groups is 1. The van der Waals surface area contributed by atoms with Crippen LogP contribution >= 0.6 is 0 Å². The molecular weight excluding hydrogens is 354 g/mol. The number of benzene rings is 2. The number of nitrogens with zero attached hydrogens (tertiary/aromatic N) is 1. The van der Waals surface area contributed by atoms with E-state index >= 15 is 0 Å². The molecule has 5 nitrogen and oxygen atoms in total. The molecule has 2 aromatic carbocycles. The molecule has 7 heteroatoms. The molecule has 0 bridgehead atoms. The van der Waals surface area contributed by atoms with Gasteiger partial charge in [0.25, 0.3) is 0 Å². The van der Waals surface area contributed by atoms with Crippen LogP contribution in [-0.2, 0) is 11.2 Å². The molecule has 0 aliphatic carbocycles. The molecule has 0 spiro atoms. The zero-order chi connectivity index (χ0) is 20.0. The largest absolute Gasteiger partial charge is 0.493 e. The zero-order valence-corrected chi connectivity index (χ0v) is 15.9. The first kappa shape index (κ1) is 20.6. The summed E-state index contributed by atoms with van der Waals surface area (Å²) >= 11 is 0. The number of halogens is 2. The molecule has 1 amide bonds. The normalized spacial score (nSPS) is 12.0. The summed E-state index contributed by atoms with van der Waals surface area (Å²) in [5, 5.41) is 2.49. The van der Waals surface area contributed by atoms with Crippen LogP contribution in [0.4, 0.5) is 14.5 Å². The molecule has 0 aromatic heterocycles. The second-order valence-electron chi connectivity index (χ2n) is 6.21. The summed E-state index contributed by atoms with van der Waals surface area (Å²) in [5.74, 6) is -0.552. The van der Waals surface area contributed by atoms with Gasteiger partial charge in [0.1, 0.15) is 11.6 Å². The lowest BCUT2D eigenvalue weighted by molar-refractivity contribution is -0.120. The van der Waals surface area contributed by atoms with Gasteiger partial charge in [-0.3, -0.25) is 9.69 Å². The molecule has 0 fully saturated rings. The van der Waals surface area contributed by atoms with E-state index in [0.717, 1.165) is 17.7 Å². The maximum absolute atomic E-state index is 13.7. The first-order valence-corrected chi connectivity index (χ1v) is 8.52. The van der Waals surface area contributed by atoms with E-state index < -0.39 is 17.7 Å². The van der Waals surface area contributed by atoms with Gasteiger partial charge >= 0.3 is 0 Å². The first-order valence-electron chi connectivity index (χ1n) is 8.52. The Morgan fingerprint density at radius 3 is 2.44 bits per heavy atom. The SMILES string of the molecule is COc1ccc(CCN(C)[C@H](C)C(=O)Nc2ccc(F)cc2F)cc1OC. The molecular formula is C20H24F2N2O3. The summed E-state index contributed by atoms with van der Waals surface area (Å²) in [6.07, 6.45) is 0.694. The summed E-state index contributed by atoms with van der Waals surface area (Å²) in [6, 6.07) is 8.22. The second kappa shape index (κ2) is 9.32. The summed E-state index contributed by atoms with van der Waals surface area (Å²) in [4.78, 5) is 14.2. The van der Waals surface area contributed by atoms with Crippen molar-refractivity contribution in [2.24, 2.45) is 0 Å². The van der Waals surface area contributed by atoms with Crippen molar-refractivity contribution in [3.63, 3.8) is 0 Å². The van der Waals surface area contributed by atoms with Gasteiger partial charge in [-0.05, 0) is 50.2 Å². The monoisotopic (exact) mass is 378 g/mol. The maximum atomic E-state index is 13.7. The minimum Gasteiger partial charge on any atom is -0.493 e. The summed E-state index contributed by atoms with van der Waals surface area (Å²) < 4.78 is 37.2. The van der Waals surface area contributed by atoms with Crippen molar-refractivity contribution >= 4 is 11.6 Å². The average molecular weight is 378 g/mol. The van der Waals surface area contributed by atoms with Crippen LogP contribution in [0, 0.1) is 11.6 Å². The minimum atomic E-state index is -0.802. The topological polar surface area (TPSA) is 50.8 Å². The lowest BCUT2D eigenvalue weighted by Gasteiger charge is -2.24. The average Bonchev–Trinajstić information content (AvgIpc) is 2.67. The number of carbonyl (C=O) groups excluding carboxylic acids is 1. The van der Waals surface area contributed by atoms with Crippen LogP contribution in [0.5, 0.6) is 11.5 Å². The molecule has 0 radical (unpaired) electrons. The molecule has 0 heterocycles. The first-order chi connectivity index (χ1) is 12.8. The fraction of sp³-hybridized carbons (Fsp3) is 0.350. The molecule has 0 unspecified atom stereocenters. The fourth-order valence-corrected chi connectivity index (χ4v) is 2.56. The standard InChI is InChI=1S/C20H24F2N2O3/c1-13(20(25)23-17-7-6-15(21)12-16(17)22)24(2)10-9-14-5-8-18(26-3)19(11-14)27-4/h5-8,11-13H,9-10H2,1-4H3,(H,23,25)/t13-/m1/s1. The van der Waals surface area contributed by atoms with Gasteiger partial charge in [0.05, 0.1) is 25.9 Å². The van der Waals surface area contributed by atoms with Gasteiger partial charge in [-0.2, -0.15) is 0 Å². The number of hydrogen-bond donors (Lipinski definition) is 1. The Hall–Kier alpha value is -2.67. The predicted octanol–water partition coefficient (Wildman–Crippen LogP) is 3.48. The number of methoxy groups -OCH3 is 2. The summed E-state index contributed by atoms with van der Waals surface area (Å²) in [7, 11) is 4.97. The van der Waals surface area contributed by atoms with Crippen LogP contribution in [0.3, 0.4) is 0 Å². The van der Waals surface area contributed by atoms with E-state index in [0.29, 0.717) is 24.5 Å². The molecule has 0 aliphatic rings. The highest BCUT2D eigenvalue weighted by atomic mass is 19.1. The maximum Gasteiger partial charge on any atom is 0.241 e. The Kier molecular flexibility index (Phi) is 7.12. The number of nitrogens with one attached hydrogen (secondary N) is 1. The summed E-state index contributed by atoms with van der Waals surface area (Å²) in [5.41, 5.74) is 0.998. The number of amides is 1. The van der Waals surface area contributed by atoms with Crippen LogP contribution in [0.25, 0.3) is 0 Å². The molecule has 27 heavy (non-hydrogen) atoms. The van der Waals surface area contributed by atoms with E-state index in [1.165, 1.54) is 6.07 Å². The quantitative estimate of drug-likeness (QED) is 0.764. The van der Waals surface area contributed by atoms with Crippen LogP contribution < -0.4 is 14.8 Å². The number of hydrogen-bond acceptors (Lipinski definition) is 4. The zero-order valence-electron chi connectivity index (χ0n) is 15.9. The third kappa shape index (κ3) is 5.40. The van der Waals surface area contributed by atoms with E-state index in [4.69, 9.17) is 9.47 Å². The van der Waals surface area contributed by atoms with Gasteiger partial charge in [-0.25, -0.2) is 8.78 Å². The molecule has 0 aliphatic heterocycles. The van der Waals surface area contributed by atoms with Crippen molar-refractivity contribution in [2.45, 2.75) is 19.4 Å². The molecule has 1 N–H and O–H groups in total. The van der Waals surface area contributed by atoms with Crippen molar-refractivity contribution < 1.29 is 23.0 Å². The number of likely N-dealkylation sites (N-methyl/N-ethyl adjacent to an activating group) is 1. The van der Waals surface area contributed by atoms with Crippen molar-refractivity contribution in [2.75, 3.05) is 33.1 Å². The Morgan fingerprint density at radius 1 is 1.11 bits per heavy atom. The fourth-order valence-electron chi connectivity index (χ4n) is 2.56. The molecule has 0 saturated carbocycles. The molecule has 2 rings (SSSR count). The molecule has 2 aromatic rings. The van der Waals surface area contributed by atoms with Gasteiger partial charge in [-0.1, -0.05) is 6.07 Å². The Labute approximate surface area is 157 Å². The number of rotatable bonds is 8. The van der Waals surface area contributed by atoms with Crippen molar-refractivity contribution in [3.8, 4) is 11.5 Å². The Balaban J connectivity index is 1.94. The van der Waals surface area contributed by atoms with E-state index in [-0.39, 0.29) is 11.6 Å². The highest BCUT2D eigenvalue weighted by Crippen LogP contribution is 2.27. The van der Waals surface area contributed by atoms with E-state index in [1.54, 1.807) is 21.1 Å². The lowest BCUT2D eigenvalue weighted by atomic mass is 10.1. The highest BCUT2D eigenvalue weighted by Gasteiger charge is 2.19. The van der Waals surface area contributed by atoms with E-state index in [1.807, 2.05) is 30.1 Å². The lowest BCUT2D eigenvalue weighted by Crippen LogP contribution is -2.40. The minimum absolute atomic E-state index is 0.0402. The van der Waals surface area contributed by atoms with E-state index in [2.05, 4.69) is 5.32 Å². The van der Waals surface area contributed by atoms with Crippen LogP contribution in [-0.4, -0.2) is 44.7 Å². The Bertz CT molecular complexity index is 799. The van der Waals surface area contributed by atoms with Crippen LogP contribution in [0.1, 0.15) is 12.5 Å². The van der Waals surface area contributed by atoms with Crippen LogP contribution in [0.15, 0.2) is 36.4 Å². The number of ether oxygens (including phenoxy) is 2. The van der Waals surface area contributed by atoms with Crippen LogP contribution in [0.2, 0.25) is 0 Å². The van der Waals surface area contributed by atoms with Gasteiger partial charge in [0.15, 0.2) is 11.5 Å². The number of anilines is 1. The predicted molar refractivity (Wildman–Crippen MR) is 100 cm³/mol. The van der Waals surface area contributed by atoms with Gasteiger partial charge in [0, 0.05) is 12.6 Å². The van der Waals surface area contributed by atoms with Gasteiger partial charge in [0.2, 0.25) is 5.91 Å². The van der Waals surface area contributed by atoms with E-state index in [9.17, 15) is 13.6 Å². The third-order valence-electron chi connectivity index (χ3n) is 4.43. The van der Waals surface area contributed by atoms with Gasteiger partial charge < -0.3 is 14.8 Å². The highest BCUT2D eigenvalue weighted by molar-refractivity contribution is 5.94. The van der Waals surface area contributed by atoms with Crippen molar-refractivity contribution in [3.05, 3.63) is 53.6 Å². The summed E-state index contributed by atoms with van der Waals surface area (Å²) in [6.45, 7) is 2.33. The second-order valence-corrected chi connectivity index (χ2v) is 6.21.